The summed E-state index contributed by atoms with van der Waals surface area (Å²) in [5.41, 5.74) is 3.08. The number of amides is 3. The van der Waals surface area contributed by atoms with Crippen LogP contribution in [0.3, 0.4) is 0 Å². The van der Waals surface area contributed by atoms with Gasteiger partial charge in [-0.2, -0.15) is 0 Å². The van der Waals surface area contributed by atoms with E-state index in [9.17, 15) is 14.7 Å². The van der Waals surface area contributed by atoms with Gasteiger partial charge in [-0.05, 0) is 36.6 Å². The zero-order valence-electron chi connectivity index (χ0n) is 21.3. The number of aliphatic hydroxyl groups excluding tert-OH is 1. The van der Waals surface area contributed by atoms with Crippen LogP contribution in [0.2, 0.25) is 0 Å². The van der Waals surface area contributed by atoms with E-state index < -0.39 is 18.2 Å². The minimum Gasteiger partial charge on any atom is -0.389 e. The number of aliphatic hydroxyl groups is 1. The van der Waals surface area contributed by atoms with Crippen molar-refractivity contribution in [1.82, 2.24) is 15.5 Å². The standard InChI is InChI=1S/C27H39N5O3/c1-5-6-15-32-18-24(29-27(32)35)26(34)28-23(16-20-11-8-7-9-12-20)25(33)19-31(4)22-14-10-13-21(17-22)30(2)3/h7-14,17,23-25,33H,5-6,15-16,18-19H2,1-4H3,(H,28,34)(H,29,35). The zero-order chi connectivity index (χ0) is 25.4. The third-order valence-corrected chi connectivity index (χ3v) is 6.42. The average molecular weight is 482 g/mol. The van der Waals surface area contributed by atoms with Crippen molar-refractivity contribution in [2.75, 3.05) is 50.6 Å². The number of carbonyl (C=O) groups excluding carboxylic acids is 2. The van der Waals surface area contributed by atoms with Crippen LogP contribution in [0.15, 0.2) is 54.6 Å². The number of carbonyl (C=O) groups is 2. The van der Waals surface area contributed by atoms with E-state index >= 15 is 0 Å². The maximum atomic E-state index is 13.1. The van der Waals surface area contributed by atoms with Crippen molar-refractivity contribution in [2.24, 2.45) is 0 Å². The van der Waals surface area contributed by atoms with Crippen LogP contribution in [-0.4, -0.2) is 80.9 Å². The third kappa shape index (κ3) is 7.36. The first kappa shape index (κ1) is 26.3. The van der Waals surface area contributed by atoms with E-state index in [1.54, 1.807) is 4.90 Å². The molecule has 3 unspecified atom stereocenters. The Morgan fingerprint density at radius 1 is 1.14 bits per heavy atom. The van der Waals surface area contributed by atoms with Crippen molar-refractivity contribution >= 4 is 23.3 Å². The highest BCUT2D eigenvalue weighted by Crippen LogP contribution is 2.21. The van der Waals surface area contributed by atoms with Gasteiger partial charge in [0.25, 0.3) is 0 Å². The first-order chi connectivity index (χ1) is 16.8. The van der Waals surface area contributed by atoms with Crippen LogP contribution in [-0.2, 0) is 11.2 Å². The second-order valence-corrected chi connectivity index (χ2v) is 9.47. The topological polar surface area (TPSA) is 88.2 Å². The Balaban J connectivity index is 1.70. The maximum absolute atomic E-state index is 13.1. The summed E-state index contributed by atoms with van der Waals surface area (Å²) in [4.78, 5) is 31.1. The van der Waals surface area contributed by atoms with Crippen LogP contribution in [0.5, 0.6) is 0 Å². The molecule has 0 aromatic heterocycles. The average Bonchev–Trinajstić information content (AvgIpc) is 3.23. The summed E-state index contributed by atoms with van der Waals surface area (Å²) in [6.45, 7) is 3.39. The first-order valence-electron chi connectivity index (χ1n) is 12.3. The molecule has 3 N–H and O–H groups in total. The number of anilines is 2. The number of nitrogens with one attached hydrogen (secondary N) is 2. The molecule has 8 nitrogen and oxygen atoms in total. The van der Waals surface area contributed by atoms with Gasteiger partial charge in [0.1, 0.15) is 6.04 Å². The largest absolute Gasteiger partial charge is 0.389 e. The smallest absolute Gasteiger partial charge is 0.318 e. The van der Waals surface area contributed by atoms with E-state index in [-0.39, 0.29) is 11.9 Å². The lowest BCUT2D eigenvalue weighted by Gasteiger charge is -2.30. The lowest BCUT2D eigenvalue weighted by atomic mass is 10.00. The van der Waals surface area contributed by atoms with Gasteiger partial charge in [-0.15, -0.1) is 0 Å². The van der Waals surface area contributed by atoms with Gasteiger partial charge in [0.2, 0.25) is 5.91 Å². The monoisotopic (exact) mass is 481 g/mol. The van der Waals surface area contributed by atoms with Gasteiger partial charge in [0, 0.05) is 45.6 Å². The maximum Gasteiger partial charge on any atom is 0.318 e. The Bertz CT molecular complexity index is 968. The first-order valence-corrected chi connectivity index (χ1v) is 12.3. The van der Waals surface area contributed by atoms with E-state index in [4.69, 9.17) is 0 Å². The summed E-state index contributed by atoms with van der Waals surface area (Å²) in [6, 6.07) is 16.6. The molecule has 0 aliphatic carbocycles. The number of urea groups is 1. The quantitative estimate of drug-likeness (QED) is 0.434. The minimum absolute atomic E-state index is 0.209. The number of benzene rings is 2. The Morgan fingerprint density at radius 3 is 2.54 bits per heavy atom. The molecule has 0 saturated carbocycles. The second-order valence-electron chi connectivity index (χ2n) is 9.47. The van der Waals surface area contributed by atoms with Crippen molar-refractivity contribution in [2.45, 2.75) is 44.4 Å². The molecule has 190 valence electrons. The number of nitrogens with zero attached hydrogens (tertiary/aromatic N) is 3. The fourth-order valence-electron chi connectivity index (χ4n) is 4.24. The predicted molar refractivity (Wildman–Crippen MR) is 141 cm³/mol. The van der Waals surface area contributed by atoms with Crippen molar-refractivity contribution in [3.63, 3.8) is 0 Å². The lowest BCUT2D eigenvalue weighted by molar-refractivity contribution is -0.124. The lowest BCUT2D eigenvalue weighted by Crippen LogP contribution is -2.53. The van der Waals surface area contributed by atoms with Crippen molar-refractivity contribution < 1.29 is 14.7 Å². The van der Waals surface area contributed by atoms with Crippen LogP contribution in [0, 0.1) is 0 Å². The van der Waals surface area contributed by atoms with Crippen molar-refractivity contribution in [3.05, 3.63) is 60.2 Å². The van der Waals surface area contributed by atoms with Crippen LogP contribution in [0.4, 0.5) is 16.2 Å². The highest BCUT2D eigenvalue weighted by atomic mass is 16.3. The van der Waals surface area contributed by atoms with Crippen LogP contribution in [0.25, 0.3) is 0 Å². The van der Waals surface area contributed by atoms with E-state index in [1.807, 2.05) is 79.5 Å². The molecule has 3 atom stereocenters. The van der Waals surface area contributed by atoms with E-state index in [2.05, 4.69) is 23.6 Å². The molecule has 3 amide bonds. The summed E-state index contributed by atoms with van der Waals surface area (Å²) in [6.07, 6.45) is 1.55. The molecular weight excluding hydrogens is 442 g/mol. The highest BCUT2D eigenvalue weighted by molar-refractivity contribution is 5.90. The number of hydrogen-bond donors (Lipinski definition) is 3. The van der Waals surface area contributed by atoms with Crippen LogP contribution >= 0.6 is 0 Å². The Labute approximate surface area is 208 Å². The summed E-state index contributed by atoms with van der Waals surface area (Å²) in [5.74, 6) is -0.269. The zero-order valence-corrected chi connectivity index (χ0v) is 21.3. The fourth-order valence-corrected chi connectivity index (χ4v) is 4.24. The van der Waals surface area contributed by atoms with Gasteiger partial charge >= 0.3 is 6.03 Å². The number of hydrogen-bond acceptors (Lipinski definition) is 5. The highest BCUT2D eigenvalue weighted by Gasteiger charge is 2.35. The summed E-state index contributed by atoms with van der Waals surface area (Å²) in [5, 5.41) is 17.0. The predicted octanol–water partition coefficient (Wildman–Crippen LogP) is 2.47. The third-order valence-electron chi connectivity index (χ3n) is 6.42. The van der Waals surface area contributed by atoms with Gasteiger partial charge in [0.05, 0.1) is 18.7 Å². The molecule has 35 heavy (non-hydrogen) atoms. The Kier molecular flexibility index (Phi) is 9.37. The molecule has 2 aromatic carbocycles. The van der Waals surface area contributed by atoms with E-state index in [0.717, 1.165) is 29.8 Å². The SMILES string of the molecule is CCCCN1CC(C(=O)NC(Cc2ccccc2)C(O)CN(C)c2cccc(N(C)C)c2)NC1=O. The van der Waals surface area contributed by atoms with E-state index in [0.29, 0.717) is 26.1 Å². The van der Waals surface area contributed by atoms with Gasteiger partial charge in [-0.1, -0.05) is 49.7 Å². The molecule has 8 heteroatoms. The summed E-state index contributed by atoms with van der Waals surface area (Å²) >= 11 is 0. The molecular formula is C27H39N5O3. The minimum atomic E-state index is -0.819. The van der Waals surface area contributed by atoms with Crippen molar-refractivity contribution in [3.8, 4) is 0 Å². The van der Waals surface area contributed by atoms with Crippen molar-refractivity contribution in [1.29, 1.82) is 0 Å². The molecule has 2 aromatic rings. The molecule has 1 saturated heterocycles. The Hall–Kier alpha value is -3.26. The van der Waals surface area contributed by atoms with Gasteiger partial charge in [-0.3, -0.25) is 4.79 Å². The van der Waals surface area contributed by atoms with Crippen LogP contribution < -0.4 is 20.4 Å². The normalized spacial score (nSPS) is 17.0. The molecule has 3 rings (SSSR count). The molecule has 0 bridgehead atoms. The van der Waals surface area contributed by atoms with Gasteiger partial charge < -0.3 is 30.4 Å². The molecule has 0 radical (unpaired) electrons. The summed E-state index contributed by atoms with van der Waals surface area (Å²) < 4.78 is 0. The number of unbranched alkanes of at least 4 members (excludes halogenated alkanes) is 1. The Morgan fingerprint density at radius 2 is 1.86 bits per heavy atom. The fraction of sp³-hybridized carbons (Fsp3) is 0.481. The van der Waals surface area contributed by atoms with Crippen LogP contribution in [0.1, 0.15) is 25.3 Å². The number of likely N-dealkylation sites (N-methyl/N-ethyl adjacent to an activating group) is 1. The summed E-state index contributed by atoms with van der Waals surface area (Å²) in [7, 11) is 5.91. The number of rotatable bonds is 12. The molecule has 1 aliphatic heterocycles. The molecule has 1 fully saturated rings. The van der Waals surface area contributed by atoms with E-state index in [1.165, 1.54) is 0 Å². The molecule has 1 heterocycles. The molecule has 0 spiro atoms. The van der Waals surface area contributed by atoms with Gasteiger partial charge in [-0.25, -0.2) is 4.79 Å². The van der Waals surface area contributed by atoms with Gasteiger partial charge in [0.15, 0.2) is 0 Å². The second kappa shape index (κ2) is 12.4. The molecule has 1 aliphatic rings.